The van der Waals surface area contributed by atoms with Crippen LogP contribution >= 0.6 is 58.0 Å². The van der Waals surface area contributed by atoms with Gasteiger partial charge in [-0.05, 0) is 30.3 Å². The molecule has 4 nitrogen and oxygen atoms in total. The van der Waals surface area contributed by atoms with Gasteiger partial charge in [0.2, 0.25) is 0 Å². The zero-order valence-corrected chi connectivity index (χ0v) is 17.6. The first-order valence-corrected chi connectivity index (χ1v) is 9.44. The van der Waals surface area contributed by atoms with Crippen LogP contribution in [0.3, 0.4) is 0 Å². The molecule has 152 valence electrons. The van der Waals surface area contributed by atoms with Crippen LogP contribution < -0.4 is 5.32 Å². The molecule has 0 atom stereocenters. The van der Waals surface area contributed by atoms with Crippen LogP contribution in [0.2, 0.25) is 25.1 Å². The normalized spacial score (nSPS) is 11.6. The summed E-state index contributed by atoms with van der Waals surface area (Å²) in [5, 5.41) is 6.21. The van der Waals surface area contributed by atoms with Gasteiger partial charge in [0.25, 0.3) is 5.91 Å². The Kier molecular flexibility index (Phi) is 6.27. The first kappa shape index (κ1) is 22.1. The first-order chi connectivity index (χ1) is 13.5. The molecule has 0 unspecified atom stereocenters. The Morgan fingerprint density at radius 2 is 1.55 bits per heavy atom. The summed E-state index contributed by atoms with van der Waals surface area (Å²) in [4.78, 5) is 12.5. The summed E-state index contributed by atoms with van der Waals surface area (Å²) in [6, 6.07) is 6.39. The van der Waals surface area contributed by atoms with Crippen molar-refractivity contribution in [2.75, 3.05) is 5.32 Å². The number of carbonyl (C=O) groups excluding carboxylic acids is 1. The van der Waals surface area contributed by atoms with Gasteiger partial charge in [-0.1, -0.05) is 58.0 Å². The van der Waals surface area contributed by atoms with Gasteiger partial charge in [0.05, 0.1) is 42.6 Å². The largest absolute Gasteiger partial charge is 0.434 e. The Hall–Kier alpha value is -1.64. The molecule has 1 amide bonds. The molecule has 0 spiro atoms. The van der Waals surface area contributed by atoms with Gasteiger partial charge in [-0.2, -0.15) is 18.3 Å². The van der Waals surface area contributed by atoms with Crippen molar-refractivity contribution in [2.45, 2.75) is 6.18 Å². The molecule has 0 aliphatic heterocycles. The summed E-state index contributed by atoms with van der Waals surface area (Å²) in [6.07, 6.45) is -4.13. The molecule has 0 saturated heterocycles. The smallest absolute Gasteiger partial charge is 0.322 e. The fourth-order valence-electron chi connectivity index (χ4n) is 2.42. The van der Waals surface area contributed by atoms with E-state index in [4.69, 9.17) is 58.0 Å². The van der Waals surface area contributed by atoms with Crippen molar-refractivity contribution in [1.29, 1.82) is 0 Å². The van der Waals surface area contributed by atoms with Gasteiger partial charge in [-0.15, -0.1) is 0 Å². The summed E-state index contributed by atoms with van der Waals surface area (Å²) in [6.45, 7) is 0. The van der Waals surface area contributed by atoms with E-state index < -0.39 is 23.3 Å². The van der Waals surface area contributed by atoms with Gasteiger partial charge in [0.1, 0.15) is 0 Å². The minimum Gasteiger partial charge on any atom is -0.322 e. The lowest BCUT2D eigenvalue weighted by atomic mass is 10.2. The quantitative estimate of drug-likeness (QED) is 0.378. The number of hydrogen-bond acceptors (Lipinski definition) is 2. The molecular weight excluding hydrogens is 496 g/mol. The van der Waals surface area contributed by atoms with Crippen LogP contribution in [-0.2, 0) is 6.18 Å². The zero-order chi connectivity index (χ0) is 21.5. The standard InChI is InChI=1S/C17H7Cl5F3N3O/c18-10-2-1-7(3-11(10)19)27-16(29)9-6-26-28(15(9)17(23,24)25)8-4-12(20)14(22)13(21)5-8/h1-6H,(H,27,29). The van der Waals surface area contributed by atoms with E-state index in [-0.39, 0.29) is 36.5 Å². The Labute approximate surface area is 187 Å². The maximum absolute atomic E-state index is 13.8. The fourth-order valence-corrected chi connectivity index (χ4v) is 3.30. The van der Waals surface area contributed by atoms with Crippen molar-refractivity contribution in [3.05, 3.63) is 72.9 Å². The third kappa shape index (κ3) is 4.59. The molecule has 12 heteroatoms. The van der Waals surface area contributed by atoms with Crippen LogP contribution in [0.5, 0.6) is 0 Å². The van der Waals surface area contributed by atoms with E-state index in [0.717, 1.165) is 18.3 Å². The van der Waals surface area contributed by atoms with E-state index in [1.165, 1.54) is 18.2 Å². The van der Waals surface area contributed by atoms with Gasteiger partial charge in [0, 0.05) is 5.69 Å². The maximum Gasteiger partial charge on any atom is 0.434 e. The molecule has 0 fully saturated rings. The van der Waals surface area contributed by atoms with Crippen LogP contribution in [0.4, 0.5) is 18.9 Å². The van der Waals surface area contributed by atoms with E-state index in [9.17, 15) is 18.0 Å². The molecule has 1 aromatic heterocycles. The van der Waals surface area contributed by atoms with Crippen LogP contribution in [0, 0.1) is 0 Å². The third-order valence-electron chi connectivity index (χ3n) is 3.67. The number of benzene rings is 2. The highest BCUT2D eigenvalue weighted by Crippen LogP contribution is 2.37. The van der Waals surface area contributed by atoms with Crippen molar-refractivity contribution >= 4 is 69.6 Å². The lowest BCUT2D eigenvalue weighted by Gasteiger charge is -2.14. The second-order valence-corrected chi connectivity index (χ2v) is 7.63. The van der Waals surface area contributed by atoms with Gasteiger partial charge in [-0.3, -0.25) is 4.79 Å². The number of rotatable bonds is 3. The molecule has 0 aliphatic carbocycles. The Balaban J connectivity index is 2.06. The highest BCUT2D eigenvalue weighted by atomic mass is 35.5. The molecule has 0 radical (unpaired) electrons. The summed E-state index contributed by atoms with van der Waals surface area (Å²) >= 11 is 29.3. The minimum absolute atomic E-state index is 0.0182. The fraction of sp³-hybridized carbons (Fsp3) is 0.0588. The van der Waals surface area contributed by atoms with Crippen molar-refractivity contribution in [3.8, 4) is 5.69 Å². The summed E-state index contributed by atoms with van der Waals surface area (Å²) in [5.41, 5.74) is -2.00. The molecule has 0 aliphatic rings. The summed E-state index contributed by atoms with van der Waals surface area (Å²) in [5.74, 6) is -1.05. The van der Waals surface area contributed by atoms with Crippen LogP contribution in [0.15, 0.2) is 36.5 Å². The average Bonchev–Trinajstić information content (AvgIpc) is 3.08. The monoisotopic (exact) mass is 501 g/mol. The van der Waals surface area contributed by atoms with Crippen molar-refractivity contribution < 1.29 is 18.0 Å². The highest BCUT2D eigenvalue weighted by Gasteiger charge is 2.40. The molecule has 3 rings (SSSR count). The molecule has 0 bridgehead atoms. The topological polar surface area (TPSA) is 46.9 Å². The summed E-state index contributed by atoms with van der Waals surface area (Å²) < 4.78 is 41.8. The second-order valence-electron chi connectivity index (χ2n) is 5.62. The van der Waals surface area contributed by atoms with E-state index in [1.54, 1.807) is 0 Å². The second kappa shape index (κ2) is 8.24. The van der Waals surface area contributed by atoms with Crippen LogP contribution in [-0.4, -0.2) is 15.7 Å². The van der Waals surface area contributed by atoms with E-state index in [2.05, 4.69) is 10.4 Å². The molecular formula is C17H7Cl5F3N3O. The predicted octanol–water partition coefficient (Wildman–Crippen LogP) is 7.41. The van der Waals surface area contributed by atoms with Crippen molar-refractivity contribution in [3.63, 3.8) is 0 Å². The lowest BCUT2D eigenvalue weighted by molar-refractivity contribution is -0.143. The Morgan fingerprint density at radius 3 is 2.10 bits per heavy atom. The van der Waals surface area contributed by atoms with Gasteiger partial charge in [-0.25, -0.2) is 4.68 Å². The van der Waals surface area contributed by atoms with E-state index in [1.807, 2.05) is 0 Å². The number of hydrogen-bond donors (Lipinski definition) is 1. The molecule has 29 heavy (non-hydrogen) atoms. The number of anilines is 1. The minimum atomic E-state index is -4.92. The van der Waals surface area contributed by atoms with Gasteiger partial charge in [0.15, 0.2) is 5.69 Å². The van der Waals surface area contributed by atoms with Crippen LogP contribution in [0.1, 0.15) is 16.1 Å². The lowest BCUT2D eigenvalue weighted by Crippen LogP contribution is -2.20. The molecule has 0 saturated carbocycles. The molecule has 1 N–H and O–H groups in total. The van der Waals surface area contributed by atoms with Crippen LogP contribution in [0.25, 0.3) is 5.69 Å². The number of aromatic nitrogens is 2. The van der Waals surface area contributed by atoms with Gasteiger partial charge >= 0.3 is 6.18 Å². The molecule has 1 heterocycles. The van der Waals surface area contributed by atoms with Crippen molar-refractivity contribution in [1.82, 2.24) is 9.78 Å². The number of nitrogens with zero attached hydrogens (tertiary/aromatic N) is 2. The molecule has 3 aromatic rings. The zero-order valence-electron chi connectivity index (χ0n) is 13.8. The SMILES string of the molecule is O=C(Nc1ccc(Cl)c(Cl)c1)c1cnn(-c2cc(Cl)c(Cl)c(Cl)c2)c1C(F)(F)F. The Bertz CT molecular complexity index is 1090. The van der Waals surface area contributed by atoms with Crippen molar-refractivity contribution in [2.24, 2.45) is 0 Å². The predicted molar refractivity (Wildman–Crippen MR) is 108 cm³/mol. The summed E-state index contributed by atoms with van der Waals surface area (Å²) in [7, 11) is 0. The third-order valence-corrected chi connectivity index (χ3v) is 5.61. The maximum atomic E-state index is 13.8. The number of amides is 1. The van der Waals surface area contributed by atoms with E-state index in [0.29, 0.717) is 4.68 Å². The first-order valence-electron chi connectivity index (χ1n) is 7.55. The van der Waals surface area contributed by atoms with Gasteiger partial charge < -0.3 is 5.32 Å². The molecule has 2 aromatic carbocycles. The number of halogens is 8. The highest BCUT2D eigenvalue weighted by molar-refractivity contribution is 6.48. The average molecular weight is 504 g/mol. The Morgan fingerprint density at radius 1 is 0.931 bits per heavy atom. The number of carbonyl (C=O) groups is 1. The number of nitrogens with one attached hydrogen (secondary N) is 1. The number of alkyl halides is 3. The van der Waals surface area contributed by atoms with E-state index >= 15 is 0 Å².